The summed E-state index contributed by atoms with van der Waals surface area (Å²) in [7, 11) is -4.92. The highest BCUT2D eigenvalue weighted by Gasteiger charge is 2.46. The molecule has 1 amide bonds. The van der Waals surface area contributed by atoms with E-state index in [-0.39, 0.29) is 24.1 Å². The van der Waals surface area contributed by atoms with E-state index in [0.29, 0.717) is 5.52 Å². The Labute approximate surface area is 187 Å². The van der Waals surface area contributed by atoms with Gasteiger partial charge in [0, 0.05) is 30.9 Å². The van der Waals surface area contributed by atoms with Crippen LogP contribution in [0.5, 0.6) is 0 Å². The Morgan fingerprint density at radius 2 is 2.03 bits per heavy atom. The molecule has 4 rings (SSSR count). The molecule has 0 aliphatic carbocycles. The number of nitrogens with one attached hydrogen (secondary N) is 1. The Bertz CT molecular complexity index is 1310. The number of nitrogens with zero attached hydrogens (tertiary/aromatic N) is 3. The number of halogens is 4. The van der Waals surface area contributed by atoms with Gasteiger partial charge >= 0.3 is 0 Å². The number of amides is 1. The Morgan fingerprint density at radius 3 is 2.79 bits per heavy atom. The van der Waals surface area contributed by atoms with Gasteiger partial charge in [0.1, 0.15) is 17.8 Å². The number of hydrogen-bond donors (Lipinski definition) is 1. The number of aromatic nitrogens is 2. The fourth-order valence-corrected chi connectivity index (χ4v) is 4.86. The molecule has 1 N–H and O–H groups in total. The van der Waals surface area contributed by atoms with E-state index in [4.69, 9.17) is 0 Å². The quantitative estimate of drug-likeness (QED) is 0.544. The first-order valence-corrected chi connectivity index (χ1v) is 11.5. The fraction of sp³-hybridized carbons (Fsp3) is 0.333. The topological polar surface area (TPSA) is 83.8 Å². The highest BCUT2D eigenvalue weighted by molar-refractivity contribution is 7.91. The number of sulfonamides is 1. The van der Waals surface area contributed by atoms with Crippen molar-refractivity contribution in [2.24, 2.45) is 0 Å². The minimum absolute atomic E-state index is 0.0836. The Hall–Kier alpha value is -2.99. The van der Waals surface area contributed by atoms with Crippen LogP contribution in [0, 0.1) is 11.6 Å². The molecule has 1 aliphatic rings. The molecule has 0 saturated carbocycles. The first-order chi connectivity index (χ1) is 15.5. The van der Waals surface area contributed by atoms with Crippen molar-refractivity contribution < 1.29 is 30.8 Å². The molecule has 3 aromatic rings. The van der Waals surface area contributed by atoms with Crippen molar-refractivity contribution in [3.05, 3.63) is 71.6 Å². The Kier molecular flexibility index (Phi) is 5.91. The molecule has 176 valence electrons. The monoisotopic (exact) mass is 484 g/mol. The molecular weight excluding hydrogens is 464 g/mol. The smallest absolute Gasteiger partial charge is 0.271 e. The van der Waals surface area contributed by atoms with E-state index < -0.39 is 51.3 Å². The van der Waals surface area contributed by atoms with Gasteiger partial charge in [-0.3, -0.25) is 9.69 Å². The third-order valence-corrected chi connectivity index (χ3v) is 7.32. The second-order valence-electron chi connectivity index (χ2n) is 8.07. The van der Waals surface area contributed by atoms with E-state index in [1.54, 1.807) is 23.1 Å². The summed E-state index contributed by atoms with van der Waals surface area (Å²) in [6.07, 6.45) is 0.939. The average molecular weight is 484 g/mol. The zero-order chi connectivity index (χ0) is 24.0. The number of likely N-dealkylation sites (tertiary alicyclic amines) is 1. The molecule has 1 saturated heterocycles. The molecule has 1 aliphatic heterocycles. The summed E-state index contributed by atoms with van der Waals surface area (Å²) in [5.74, 6) is -2.66. The van der Waals surface area contributed by atoms with Crippen LogP contribution in [-0.2, 0) is 10.0 Å². The van der Waals surface area contributed by atoms with Crippen LogP contribution in [0.3, 0.4) is 0 Å². The Balaban J connectivity index is 1.56. The van der Waals surface area contributed by atoms with Gasteiger partial charge in [0.05, 0.1) is 17.3 Å². The normalized spacial score (nSPS) is 21.2. The lowest BCUT2D eigenvalue weighted by Gasteiger charge is -2.30. The van der Waals surface area contributed by atoms with Gasteiger partial charge in [-0.25, -0.2) is 35.2 Å². The number of carbonyl (C=O) groups excluding carboxylic acids is 1. The van der Waals surface area contributed by atoms with Gasteiger partial charge in [0.15, 0.2) is 0 Å². The van der Waals surface area contributed by atoms with E-state index in [1.165, 1.54) is 10.6 Å². The number of pyridine rings is 1. The van der Waals surface area contributed by atoms with Crippen molar-refractivity contribution in [3.63, 3.8) is 0 Å². The highest BCUT2D eigenvalue weighted by Crippen LogP contribution is 2.37. The van der Waals surface area contributed by atoms with E-state index in [2.05, 4.69) is 5.10 Å². The molecule has 7 nitrogen and oxygen atoms in total. The van der Waals surface area contributed by atoms with Crippen LogP contribution in [-0.4, -0.2) is 53.1 Å². The van der Waals surface area contributed by atoms with Gasteiger partial charge in [0.2, 0.25) is 5.00 Å². The van der Waals surface area contributed by atoms with Gasteiger partial charge in [-0.15, -0.1) is 0 Å². The number of benzene rings is 1. The van der Waals surface area contributed by atoms with Crippen LogP contribution < -0.4 is 4.72 Å². The first kappa shape index (κ1) is 23.2. The van der Waals surface area contributed by atoms with Crippen molar-refractivity contribution in [1.82, 2.24) is 19.2 Å². The van der Waals surface area contributed by atoms with Gasteiger partial charge in [0.25, 0.3) is 15.9 Å². The van der Waals surface area contributed by atoms with Crippen LogP contribution in [0.25, 0.3) is 5.52 Å². The molecule has 0 bridgehead atoms. The third kappa shape index (κ3) is 4.44. The summed E-state index contributed by atoms with van der Waals surface area (Å²) in [5, 5.41) is 0.876. The lowest BCUT2D eigenvalue weighted by Crippen LogP contribution is -2.50. The first-order valence-electron chi connectivity index (χ1n) is 9.99. The molecule has 3 atom stereocenters. The summed E-state index contributed by atoms with van der Waals surface area (Å²) >= 11 is 0. The zero-order valence-corrected chi connectivity index (χ0v) is 18.2. The van der Waals surface area contributed by atoms with Gasteiger partial charge in [-0.2, -0.15) is 5.10 Å². The fourth-order valence-electron chi connectivity index (χ4n) is 3.96. The third-order valence-electron chi connectivity index (χ3n) is 5.61. The maximum atomic E-state index is 15.5. The summed E-state index contributed by atoms with van der Waals surface area (Å²) < 4.78 is 86.0. The van der Waals surface area contributed by atoms with E-state index in [0.717, 1.165) is 36.2 Å². The molecule has 3 heterocycles. The van der Waals surface area contributed by atoms with Crippen LogP contribution in [0.1, 0.15) is 35.3 Å². The van der Waals surface area contributed by atoms with Crippen molar-refractivity contribution in [1.29, 1.82) is 0 Å². The molecule has 0 radical (unpaired) electrons. The SMILES string of the molecule is CC(F)(CN1C[C@@H](F)C[C@@H]1c1cc(F)ccc1F)S(=O)(=O)NC(=O)c1cnn2ccccc12. The predicted octanol–water partition coefficient (Wildman–Crippen LogP) is 3.14. The van der Waals surface area contributed by atoms with Crippen LogP contribution in [0.4, 0.5) is 17.6 Å². The largest absolute Gasteiger partial charge is 0.289 e. The maximum Gasteiger partial charge on any atom is 0.271 e. The zero-order valence-electron chi connectivity index (χ0n) is 17.4. The second-order valence-corrected chi connectivity index (χ2v) is 10.1. The van der Waals surface area contributed by atoms with E-state index in [1.807, 2.05) is 0 Å². The standard InChI is InChI=1S/C21H20F4N4O3S/c1-21(25,12-28-11-14(23)9-19(28)15-8-13(22)5-6-17(15)24)33(31,32)27-20(30)16-10-26-29-7-3-2-4-18(16)29/h2-8,10,14,19H,9,11-12H2,1H3,(H,27,30)/t14-,19+,21?/m0/s1. The molecule has 0 spiro atoms. The van der Waals surface area contributed by atoms with E-state index >= 15 is 4.39 Å². The van der Waals surface area contributed by atoms with Crippen molar-refractivity contribution in [2.45, 2.75) is 30.6 Å². The molecule has 2 aromatic heterocycles. The summed E-state index contributed by atoms with van der Waals surface area (Å²) in [5.41, 5.74) is 0.0330. The van der Waals surface area contributed by atoms with Crippen LogP contribution >= 0.6 is 0 Å². The number of rotatable bonds is 6. The number of fused-ring (bicyclic) bond motifs is 1. The van der Waals surface area contributed by atoms with Gasteiger partial charge in [-0.05, 0) is 43.7 Å². The lowest BCUT2D eigenvalue weighted by atomic mass is 10.0. The number of carbonyl (C=O) groups is 1. The van der Waals surface area contributed by atoms with Crippen LogP contribution in [0.2, 0.25) is 0 Å². The van der Waals surface area contributed by atoms with Crippen molar-refractivity contribution in [2.75, 3.05) is 13.1 Å². The van der Waals surface area contributed by atoms with Crippen molar-refractivity contribution >= 4 is 21.4 Å². The molecule has 12 heteroatoms. The number of hydrogen-bond acceptors (Lipinski definition) is 5. The molecular formula is C21H20F4N4O3S. The number of alkyl halides is 2. The average Bonchev–Trinajstić information content (AvgIpc) is 3.32. The molecule has 1 aromatic carbocycles. The van der Waals surface area contributed by atoms with Gasteiger partial charge < -0.3 is 0 Å². The van der Waals surface area contributed by atoms with E-state index in [9.17, 15) is 26.4 Å². The summed E-state index contributed by atoms with van der Waals surface area (Å²) in [6.45, 7) is -0.522. The maximum absolute atomic E-state index is 15.5. The van der Waals surface area contributed by atoms with Crippen LogP contribution in [0.15, 0.2) is 48.8 Å². The van der Waals surface area contributed by atoms with Gasteiger partial charge in [-0.1, -0.05) is 6.07 Å². The summed E-state index contributed by atoms with van der Waals surface area (Å²) in [6, 6.07) is 6.38. The lowest BCUT2D eigenvalue weighted by molar-refractivity contribution is 0.0975. The highest BCUT2D eigenvalue weighted by atomic mass is 32.2. The predicted molar refractivity (Wildman–Crippen MR) is 111 cm³/mol. The van der Waals surface area contributed by atoms with Crippen molar-refractivity contribution in [3.8, 4) is 0 Å². The molecule has 1 fully saturated rings. The Morgan fingerprint density at radius 1 is 1.27 bits per heavy atom. The summed E-state index contributed by atoms with van der Waals surface area (Å²) in [4.78, 5) is 13.7. The molecule has 33 heavy (non-hydrogen) atoms. The molecule has 1 unspecified atom stereocenters. The second kappa shape index (κ2) is 8.41. The minimum Gasteiger partial charge on any atom is -0.289 e. The minimum atomic E-state index is -4.92.